The van der Waals surface area contributed by atoms with Crippen molar-refractivity contribution in [2.45, 2.75) is 26.4 Å². The quantitative estimate of drug-likeness (QED) is 0.486. The number of anilines is 1. The molecule has 2 N–H and O–H groups in total. The molecule has 132 valence electrons. The Morgan fingerprint density at radius 3 is 2.22 bits per heavy atom. The highest BCUT2D eigenvalue weighted by molar-refractivity contribution is 5.50. The molecule has 0 radical (unpaired) electrons. The van der Waals surface area contributed by atoms with Gasteiger partial charge in [-0.2, -0.15) is 13.2 Å². The Bertz CT molecular complexity index is 509. The zero-order chi connectivity index (χ0) is 18.2. The molecule has 0 aromatic heterocycles. The van der Waals surface area contributed by atoms with Crippen molar-refractivity contribution in [3.05, 3.63) is 34.1 Å². The Morgan fingerprint density at radius 2 is 1.91 bits per heavy atom. The molecular formula is C13H18F4N2O4. The molecule has 0 aliphatic heterocycles. The topological polar surface area (TPSA) is 86.8 Å². The van der Waals surface area contributed by atoms with Crippen molar-refractivity contribution in [1.82, 2.24) is 0 Å². The van der Waals surface area contributed by atoms with Gasteiger partial charge in [-0.3, -0.25) is 15.3 Å². The number of aliphatic hydroxyl groups is 1. The van der Waals surface area contributed by atoms with Gasteiger partial charge in [0.15, 0.2) is 5.82 Å². The lowest BCUT2D eigenvalue weighted by molar-refractivity contribution is -0.385. The second-order valence-corrected chi connectivity index (χ2v) is 4.97. The van der Waals surface area contributed by atoms with Crippen LogP contribution in [0.2, 0.25) is 0 Å². The van der Waals surface area contributed by atoms with Crippen molar-refractivity contribution >= 4 is 11.4 Å². The highest BCUT2D eigenvalue weighted by Crippen LogP contribution is 2.25. The summed E-state index contributed by atoms with van der Waals surface area (Å²) in [5.74, 6) is -0.666. The minimum atomic E-state index is -4.72. The number of hydrogen-bond donors (Lipinski definition) is 2. The molecule has 0 heterocycles. The highest BCUT2D eigenvalue weighted by atomic mass is 19.4. The second-order valence-electron chi connectivity index (χ2n) is 4.97. The Balaban J connectivity index is 0.000000688. The fourth-order valence-corrected chi connectivity index (χ4v) is 1.33. The van der Waals surface area contributed by atoms with Gasteiger partial charge in [-0.1, -0.05) is 13.8 Å². The predicted octanol–water partition coefficient (Wildman–Crippen LogP) is 3.52. The van der Waals surface area contributed by atoms with Gasteiger partial charge in [0, 0.05) is 12.7 Å². The maximum absolute atomic E-state index is 13.2. The molecule has 0 aliphatic rings. The normalized spacial score (nSPS) is 11.0. The standard InChI is InChI=1S/C8H6F4N2O3.C5H12O/c9-6-3-5(14(16)17)1-2-7(6)13(15)4-8(10,11)12;1-5(2)3-4-6/h1-3,15H,4H2;5-6H,3-4H2,1-2H3. The summed E-state index contributed by atoms with van der Waals surface area (Å²) in [5, 5.41) is 27.1. The molecule has 0 bridgehead atoms. The van der Waals surface area contributed by atoms with E-state index in [1.54, 1.807) is 0 Å². The van der Waals surface area contributed by atoms with Gasteiger partial charge in [-0.25, -0.2) is 9.45 Å². The van der Waals surface area contributed by atoms with Gasteiger partial charge in [-0.15, -0.1) is 0 Å². The van der Waals surface area contributed by atoms with Crippen molar-refractivity contribution in [2.75, 3.05) is 18.2 Å². The molecule has 1 aromatic rings. The third kappa shape index (κ3) is 8.94. The number of nitro groups is 1. The van der Waals surface area contributed by atoms with Gasteiger partial charge < -0.3 is 5.11 Å². The monoisotopic (exact) mass is 342 g/mol. The summed E-state index contributed by atoms with van der Waals surface area (Å²) in [4.78, 5) is 9.34. The lowest BCUT2D eigenvalue weighted by Gasteiger charge is -2.18. The second kappa shape index (κ2) is 9.26. The molecule has 0 saturated heterocycles. The molecule has 23 heavy (non-hydrogen) atoms. The van der Waals surface area contributed by atoms with Crippen LogP contribution in [0.3, 0.4) is 0 Å². The Kier molecular flexibility index (Phi) is 8.47. The molecule has 0 atom stereocenters. The van der Waals surface area contributed by atoms with E-state index >= 15 is 0 Å². The van der Waals surface area contributed by atoms with Gasteiger partial charge in [-0.05, 0) is 18.4 Å². The number of nitro benzene ring substituents is 1. The third-order valence-corrected chi connectivity index (χ3v) is 2.46. The van der Waals surface area contributed by atoms with Gasteiger partial charge in [0.05, 0.1) is 16.7 Å². The number of hydrogen-bond acceptors (Lipinski definition) is 5. The molecule has 1 aromatic carbocycles. The summed E-state index contributed by atoms with van der Waals surface area (Å²) in [6.07, 6.45) is -3.79. The smallest absolute Gasteiger partial charge is 0.396 e. The SMILES string of the molecule is CC(C)CCO.O=[N+]([O-])c1ccc(N(O)CC(F)(F)F)c(F)c1. The molecule has 0 fully saturated rings. The largest absolute Gasteiger partial charge is 0.408 e. The van der Waals surface area contributed by atoms with E-state index in [0.717, 1.165) is 12.5 Å². The summed E-state index contributed by atoms with van der Waals surface area (Å²) < 4.78 is 48.9. The first-order chi connectivity index (χ1) is 10.5. The third-order valence-electron chi connectivity index (χ3n) is 2.46. The molecule has 1 rings (SSSR count). The molecule has 6 nitrogen and oxygen atoms in total. The summed E-state index contributed by atoms with van der Waals surface area (Å²) in [5.41, 5.74) is -1.40. The Morgan fingerprint density at radius 1 is 1.35 bits per heavy atom. The molecule has 0 amide bonds. The minimum Gasteiger partial charge on any atom is -0.396 e. The maximum Gasteiger partial charge on any atom is 0.408 e. The lowest BCUT2D eigenvalue weighted by atomic mass is 10.2. The van der Waals surface area contributed by atoms with Crippen molar-refractivity contribution < 1.29 is 32.8 Å². The Labute approximate surface area is 130 Å². The van der Waals surface area contributed by atoms with Crippen LogP contribution in [-0.2, 0) is 0 Å². The molecule has 0 saturated carbocycles. The van der Waals surface area contributed by atoms with Gasteiger partial charge >= 0.3 is 6.18 Å². The summed E-state index contributed by atoms with van der Waals surface area (Å²) in [6.45, 7) is 2.74. The zero-order valence-electron chi connectivity index (χ0n) is 12.5. The van der Waals surface area contributed by atoms with Crippen LogP contribution in [0.1, 0.15) is 20.3 Å². The first-order valence-corrected chi connectivity index (χ1v) is 6.56. The van der Waals surface area contributed by atoms with Crippen LogP contribution in [0, 0.1) is 21.8 Å². The van der Waals surface area contributed by atoms with Crippen LogP contribution in [0.15, 0.2) is 18.2 Å². The summed E-state index contributed by atoms with van der Waals surface area (Å²) in [6, 6.07) is 1.91. The van der Waals surface area contributed by atoms with Crippen LogP contribution in [0.5, 0.6) is 0 Å². The number of benzene rings is 1. The predicted molar refractivity (Wildman–Crippen MR) is 74.8 cm³/mol. The molecule has 0 unspecified atom stereocenters. The number of halogens is 4. The van der Waals surface area contributed by atoms with Gasteiger partial charge in [0.25, 0.3) is 5.69 Å². The molecule has 10 heteroatoms. The van der Waals surface area contributed by atoms with E-state index in [0.29, 0.717) is 24.7 Å². The van der Waals surface area contributed by atoms with Gasteiger partial charge in [0.1, 0.15) is 6.54 Å². The summed E-state index contributed by atoms with van der Waals surface area (Å²) in [7, 11) is 0. The van der Waals surface area contributed by atoms with Crippen LogP contribution in [0.4, 0.5) is 28.9 Å². The average Bonchev–Trinajstić information content (AvgIpc) is 2.36. The zero-order valence-corrected chi connectivity index (χ0v) is 12.5. The van der Waals surface area contributed by atoms with Gasteiger partial charge in [0.2, 0.25) is 0 Å². The van der Waals surface area contributed by atoms with E-state index in [-0.39, 0.29) is 5.06 Å². The van der Waals surface area contributed by atoms with Crippen molar-refractivity contribution in [3.8, 4) is 0 Å². The fourth-order valence-electron chi connectivity index (χ4n) is 1.33. The van der Waals surface area contributed by atoms with Crippen LogP contribution < -0.4 is 5.06 Å². The lowest BCUT2D eigenvalue weighted by Crippen LogP contribution is -2.31. The van der Waals surface area contributed by atoms with Crippen molar-refractivity contribution in [3.63, 3.8) is 0 Å². The first kappa shape index (κ1) is 21.1. The van der Waals surface area contributed by atoms with Crippen molar-refractivity contribution in [1.29, 1.82) is 0 Å². The average molecular weight is 342 g/mol. The number of alkyl halides is 3. The van der Waals surface area contributed by atoms with Crippen molar-refractivity contribution in [2.24, 2.45) is 5.92 Å². The van der Waals surface area contributed by atoms with E-state index in [4.69, 9.17) is 10.3 Å². The number of aliphatic hydroxyl groups excluding tert-OH is 1. The number of non-ortho nitro benzene ring substituents is 1. The molecule has 0 spiro atoms. The summed E-state index contributed by atoms with van der Waals surface area (Å²) >= 11 is 0. The van der Waals surface area contributed by atoms with E-state index in [1.165, 1.54) is 0 Å². The van der Waals surface area contributed by atoms with E-state index < -0.39 is 34.8 Å². The van der Waals surface area contributed by atoms with Crippen LogP contribution in [-0.4, -0.2) is 34.6 Å². The van der Waals surface area contributed by atoms with Crippen LogP contribution >= 0.6 is 0 Å². The van der Waals surface area contributed by atoms with E-state index in [9.17, 15) is 27.7 Å². The minimum absolute atomic E-state index is 0.331. The molecule has 0 aliphatic carbocycles. The fraction of sp³-hybridized carbons (Fsp3) is 0.538. The maximum atomic E-state index is 13.2. The molecular weight excluding hydrogens is 324 g/mol. The Hall–Kier alpha value is -1.94. The van der Waals surface area contributed by atoms with Crippen LogP contribution in [0.25, 0.3) is 0 Å². The number of nitrogens with zero attached hydrogens (tertiary/aromatic N) is 2. The first-order valence-electron chi connectivity index (χ1n) is 6.56. The van der Waals surface area contributed by atoms with E-state index in [2.05, 4.69) is 13.8 Å². The number of hydroxylamine groups is 1. The highest BCUT2D eigenvalue weighted by Gasteiger charge is 2.31. The van der Waals surface area contributed by atoms with E-state index in [1.807, 2.05) is 0 Å². The number of rotatable bonds is 5.